The molecular formula is C19H29N3O2. The molecule has 2 saturated heterocycles. The smallest absolute Gasteiger partial charge is 0.222 e. The van der Waals surface area contributed by atoms with Crippen molar-refractivity contribution in [2.75, 3.05) is 57.8 Å². The Morgan fingerprint density at radius 2 is 1.79 bits per heavy atom. The van der Waals surface area contributed by atoms with Crippen LogP contribution >= 0.6 is 0 Å². The first-order chi connectivity index (χ1) is 11.8. The fourth-order valence-corrected chi connectivity index (χ4v) is 3.69. The molecule has 2 aliphatic rings. The molecule has 0 spiro atoms. The van der Waals surface area contributed by atoms with Crippen LogP contribution in [-0.2, 0) is 4.79 Å². The van der Waals surface area contributed by atoms with Crippen molar-refractivity contribution >= 4 is 11.6 Å². The van der Waals surface area contributed by atoms with Crippen LogP contribution in [0.2, 0.25) is 0 Å². The Morgan fingerprint density at radius 1 is 1.00 bits per heavy atom. The zero-order chi connectivity index (χ0) is 16.8. The van der Waals surface area contributed by atoms with Gasteiger partial charge in [0, 0.05) is 45.7 Å². The van der Waals surface area contributed by atoms with Crippen LogP contribution in [0, 0.1) is 0 Å². The first-order valence-corrected chi connectivity index (χ1v) is 9.16. The van der Waals surface area contributed by atoms with E-state index < -0.39 is 0 Å². The number of rotatable bonds is 6. The summed E-state index contributed by atoms with van der Waals surface area (Å²) < 4.78 is 5.47. The van der Waals surface area contributed by atoms with Crippen molar-refractivity contribution in [1.29, 1.82) is 0 Å². The Balaban J connectivity index is 1.41. The predicted octanol–water partition coefficient (Wildman–Crippen LogP) is 2.22. The van der Waals surface area contributed by atoms with Gasteiger partial charge in [-0.15, -0.1) is 0 Å². The van der Waals surface area contributed by atoms with Crippen molar-refractivity contribution in [3.05, 3.63) is 24.3 Å². The number of hydrogen-bond acceptors (Lipinski definition) is 4. The molecule has 5 nitrogen and oxygen atoms in total. The predicted molar refractivity (Wildman–Crippen MR) is 96.7 cm³/mol. The fraction of sp³-hybridized carbons (Fsp3) is 0.632. The van der Waals surface area contributed by atoms with E-state index >= 15 is 0 Å². The van der Waals surface area contributed by atoms with Crippen LogP contribution in [0.5, 0.6) is 5.75 Å². The third-order valence-corrected chi connectivity index (χ3v) is 5.12. The third kappa shape index (κ3) is 4.20. The Bertz CT molecular complexity index is 541. The fourth-order valence-electron chi connectivity index (χ4n) is 3.69. The molecule has 2 aliphatic heterocycles. The summed E-state index contributed by atoms with van der Waals surface area (Å²) >= 11 is 0. The SMILES string of the molecule is COc1ccccc1N1CCN(CCCN2CCCCC2=O)CC1. The van der Waals surface area contributed by atoms with Crippen LogP contribution in [0.4, 0.5) is 5.69 Å². The van der Waals surface area contributed by atoms with E-state index in [-0.39, 0.29) is 0 Å². The van der Waals surface area contributed by atoms with Crippen molar-refractivity contribution in [2.24, 2.45) is 0 Å². The van der Waals surface area contributed by atoms with E-state index in [2.05, 4.69) is 26.8 Å². The van der Waals surface area contributed by atoms with Gasteiger partial charge < -0.3 is 14.5 Å². The number of hydrogen-bond donors (Lipinski definition) is 0. The van der Waals surface area contributed by atoms with Crippen LogP contribution in [0.15, 0.2) is 24.3 Å². The molecule has 0 unspecified atom stereocenters. The molecule has 132 valence electrons. The van der Waals surface area contributed by atoms with Gasteiger partial charge in [-0.3, -0.25) is 9.69 Å². The average molecular weight is 331 g/mol. The maximum absolute atomic E-state index is 11.8. The maximum atomic E-state index is 11.8. The number of piperazine rings is 1. The molecule has 24 heavy (non-hydrogen) atoms. The Kier molecular flexibility index (Phi) is 5.96. The van der Waals surface area contributed by atoms with Crippen LogP contribution in [0.3, 0.4) is 0 Å². The van der Waals surface area contributed by atoms with Gasteiger partial charge in [-0.05, 0) is 37.9 Å². The summed E-state index contributed by atoms with van der Waals surface area (Å²) in [4.78, 5) is 18.8. The summed E-state index contributed by atoms with van der Waals surface area (Å²) in [7, 11) is 1.73. The van der Waals surface area contributed by atoms with Gasteiger partial charge in [-0.25, -0.2) is 0 Å². The minimum Gasteiger partial charge on any atom is -0.495 e. The summed E-state index contributed by atoms with van der Waals surface area (Å²) in [5.41, 5.74) is 1.19. The monoisotopic (exact) mass is 331 g/mol. The van der Waals surface area contributed by atoms with Crippen molar-refractivity contribution in [2.45, 2.75) is 25.7 Å². The molecular weight excluding hydrogens is 302 g/mol. The van der Waals surface area contributed by atoms with Gasteiger partial charge in [0.2, 0.25) is 5.91 Å². The number of methoxy groups -OCH3 is 1. The Morgan fingerprint density at radius 3 is 2.54 bits per heavy atom. The molecule has 1 amide bonds. The lowest BCUT2D eigenvalue weighted by atomic mass is 10.1. The number of benzene rings is 1. The highest BCUT2D eigenvalue weighted by Crippen LogP contribution is 2.28. The molecule has 0 atom stereocenters. The molecule has 2 fully saturated rings. The highest BCUT2D eigenvalue weighted by molar-refractivity contribution is 5.76. The Hall–Kier alpha value is -1.75. The molecule has 0 aliphatic carbocycles. The molecule has 0 saturated carbocycles. The van der Waals surface area contributed by atoms with Gasteiger partial charge in [0.25, 0.3) is 0 Å². The molecule has 1 aromatic carbocycles. The van der Waals surface area contributed by atoms with E-state index in [9.17, 15) is 4.79 Å². The number of piperidine rings is 1. The number of likely N-dealkylation sites (tertiary alicyclic amines) is 1. The van der Waals surface area contributed by atoms with Gasteiger partial charge in [0.15, 0.2) is 0 Å². The van der Waals surface area contributed by atoms with Crippen LogP contribution in [0.1, 0.15) is 25.7 Å². The van der Waals surface area contributed by atoms with Crippen molar-refractivity contribution < 1.29 is 9.53 Å². The maximum Gasteiger partial charge on any atom is 0.222 e. The molecule has 1 aromatic rings. The highest BCUT2D eigenvalue weighted by atomic mass is 16.5. The largest absolute Gasteiger partial charge is 0.495 e. The molecule has 3 rings (SSSR count). The van der Waals surface area contributed by atoms with E-state index in [4.69, 9.17) is 4.74 Å². The third-order valence-electron chi connectivity index (χ3n) is 5.12. The van der Waals surface area contributed by atoms with Gasteiger partial charge >= 0.3 is 0 Å². The second-order valence-corrected chi connectivity index (χ2v) is 6.69. The van der Waals surface area contributed by atoms with Crippen LogP contribution in [-0.4, -0.2) is 68.6 Å². The number of ether oxygens (including phenoxy) is 1. The standard InChI is InChI=1S/C19H29N3O2/c1-24-18-8-3-2-7-17(18)21-15-13-20(14-16-21)10-6-12-22-11-5-4-9-19(22)23/h2-3,7-8H,4-6,9-16H2,1H3. The van der Waals surface area contributed by atoms with Gasteiger partial charge in [0.1, 0.15) is 5.75 Å². The van der Waals surface area contributed by atoms with E-state index in [1.807, 2.05) is 12.1 Å². The lowest BCUT2D eigenvalue weighted by Crippen LogP contribution is -2.47. The normalized spacial score (nSPS) is 19.6. The number of carbonyl (C=O) groups is 1. The first kappa shape index (κ1) is 17.1. The molecule has 0 bridgehead atoms. The van der Waals surface area contributed by atoms with Gasteiger partial charge in [-0.1, -0.05) is 12.1 Å². The van der Waals surface area contributed by atoms with Crippen molar-refractivity contribution in [1.82, 2.24) is 9.80 Å². The second kappa shape index (κ2) is 8.38. The van der Waals surface area contributed by atoms with E-state index in [1.165, 1.54) is 12.1 Å². The summed E-state index contributed by atoms with van der Waals surface area (Å²) in [6.45, 7) is 7.18. The highest BCUT2D eigenvalue weighted by Gasteiger charge is 2.21. The molecule has 5 heteroatoms. The molecule has 0 radical (unpaired) electrons. The quantitative estimate of drug-likeness (QED) is 0.801. The topological polar surface area (TPSA) is 36.0 Å². The van der Waals surface area contributed by atoms with Gasteiger partial charge in [-0.2, -0.15) is 0 Å². The van der Waals surface area contributed by atoms with Crippen molar-refractivity contribution in [3.8, 4) is 5.75 Å². The second-order valence-electron chi connectivity index (χ2n) is 6.69. The van der Waals surface area contributed by atoms with Crippen LogP contribution in [0.25, 0.3) is 0 Å². The molecule has 0 N–H and O–H groups in total. The zero-order valence-electron chi connectivity index (χ0n) is 14.7. The minimum absolute atomic E-state index is 0.349. The van der Waals surface area contributed by atoms with E-state index in [1.54, 1.807) is 7.11 Å². The lowest BCUT2D eigenvalue weighted by Gasteiger charge is -2.37. The number of amides is 1. The summed E-state index contributed by atoms with van der Waals surface area (Å²) in [5, 5.41) is 0. The van der Waals surface area contributed by atoms with Gasteiger partial charge in [0.05, 0.1) is 12.8 Å². The Labute approximate surface area is 145 Å². The number of para-hydroxylation sites is 2. The van der Waals surface area contributed by atoms with E-state index in [0.29, 0.717) is 5.91 Å². The molecule has 2 heterocycles. The van der Waals surface area contributed by atoms with Crippen LogP contribution < -0.4 is 9.64 Å². The summed E-state index contributed by atoms with van der Waals surface area (Å²) in [6.07, 6.45) is 4.07. The summed E-state index contributed by atoms with van der Waals surface area (Å²) in [5.74, 6) is 1.30. The number of carbonyl (C=O) groups excluding carboxylic acids is 1. The number of nitrogens with zero attached hydrogens (tertiary/aromatic N) is 3. The van der Waals surface area contributed by atoms with E-state index in [0.717, 1.165) is 70.8 Å². The number of anilines is 1. The summed E-state index contributed by atoms with van der Waals surface area (Å²) in [6, 6.07) is 8.24. The first-order valence-electron chi connectivity index (χ1n) is 9.16. The molecule has 0 aromatic heterocycles. The lowest BCUT2D eigenvalue weighted by molar-refractivity contribution is -0.133. The minimum atomic E-state index is 0.349. The zero-order valence-corrected chi connectivity index (χ0v) is 14.7. The average Bonchev–Trinajstić information content (AvgIpc) is 2.64. The van der Waals surface area contributed by atoms with Crippen molar-refractivity contribution in [3.63, 3.8) is 0 Å².